The van der Waals surface area contributed by atoms with Crippen LogP contribution in [0.2, 0.25) is 0 Å². The molecule has 1 fully saturated rings. The molecule has 0 spiro atoms. The van der Waals surface area contributed by atoms with E-state index in [4.69, 9.17) is 9.72 Å². The summed E-state index contributed by atoms with van der Waals surface area (Å²) >= 11 is 1.78. The summed E-state index contributed by atoms with van der Waals surface area (Å²) in [5.41, 5.74) is 1.23. The van der Waals surface area contributed by atoms with Crippen LogP contribution in [-0.4, -0.2) is 55.7 Å². The number of thiazole rings is 1. The molecule has 1 aromatic carbocycles. The Bertz CT molecular complexity index is 756. The average molecular weight is 430 g/mol. The van der Waals surface area contributed by atoms with Crippen molar-refractivity contribution in [3.8, 4) is 5.75 Å². The minimum atomic E-state index is 0.697. The Labute approximate surface area is 184 Å². The van der Waals surface area contributed by atoms with Crippen molar-refractivity contribution in [2.24, 2.45) is 10.9 Å². The summed E-state index contributed by atoms with van der Waals surface area (Å²) in [4.78, 5) is 11.6. The third-order valence-corrected chi connectivity index (χ3v) is 6.44. The van der Waals surface area contributed by atoms with Gasteiger partial charge in [-0.15, -0.1) is 11.3 Å². The fourth-order valence-corrected chi connectivity index (χ4v) is 4.34. The van der Waals surface area contributed by atoms with Gasteiger partial charge >= 0.3 is 0 Å². The van der Waals surface area contributed by atoms with E-state index in [1.807, 2.05) is 37.4 Å². The van der Waals surface area contributed by atoms with E-state index in [1.54, 1.807) is 11.3 Å². The van der Waals surface area contributed by atoms with Crippen LogP contribution < -0.4 is 15.4 Å². The largest absolute Gasteiger partial charge is 0.494 e. The molecule has 1 aliphatic rings. The van der Waals surface area contributed by atoms with Crippen LogP contribution in [0.15, 0.2) is 40.7 Å². The summed E-state index contributed by atoms with van der Waals surface area (Å²) in [7, 11) is 1.83. The molecule has 0 saturated carbocycles. The van der Waals surface area contributed by atoms with Crippen LogP contribution in [0.5, 0.6) is 5.75 Å². The smallest absolute Gasteiger partial charge is 0.190 e. The van der Waals surface area contributed by atoms with E-state index in [-0.39, 0.29) is 0 Å². The van der Waals surface area contributed by atoms with E-state index in [0.29, 0.717) is 12.5 Å². The van der Waals surface area contributed by atoms with Gasteiger partial charge in [-0.1, -0.05) is 25.1 Å². The molecule has 6 nitrogen and oxygen atoms in total. The lowest BCUT2D eigenvalue weighted by Crippen LogP contribution is -2.43. The van der Waals surface area contributed by atoms with Gasteiger partial charge < -0.3 is 15.4 Å². The lowest BCUT2D eigenvalue weighted by atomic mass is 9.97. The predicted octanol–water partition coefficient (Wildman–Crippen LogP) is 3.55. The highest BCUT2D eigenvalue weighted by Crippen LogP contribution is 2.19. The van der Waals surface area contributed by atoms with Gasteiger partial charge in [0.05, 0.1) is 17.3 Å². The van der Waals surface area contributed by atoms with Crippen LogP contribution in [0.4, 0.5) is 0 Å². The second kappa shape index (κ2) is 12.5. The Morgan fingerprint density at radius 3 is 2.73 bits per heavy atom. The molecule has 3 rings (SSSR count). The van der Waals surface area contributed by atoms with Crippen molar-refractivity contribution >= 4 is 17.3 Å². The van der Waals surface area contributed by atoms with Gasteiger partial charge in [0.1, 0.15) is 5.75 Å². The molecule has 2 N–H and O–H groups in total. The molecular weight excluding hydrogens is 394 g/mol. The predicted molar refractivity (Wildman–Crippen MR) is 125 cm³/mol. The van der Waals surface area contributed by atoms with Crippen molar-refractivity contribution in [3.63, 3.8) is 0 Å². The summed E-state index contributed by atoms with van der Waals surface area (Å²) < 4.78 is 5.73. The SMILES string of the molecule is CCc1nc(CN2CCC(CNC(=NC)NCCCOc3ccccc3)CC2)cs1. The van der Waals surface area contributed by atoms with Crippen LogP contribution in [0.3, 0.4) is 0 Å². The number of hydrogen-bond acceptors (Lipinski definition) is 5. The molecule has 0 unspecified atom stereocenters. The van der Waals surface area contributed by atoms with Gasteiger partial charge in [-0.05, 0) is 56.8 Å². The Morgan fingerprint density at radius 1 is 1.23 bits per heavy atom. The van der Waals surface area contributed by atoms with Crippen molar-refractivity contribution < 1.29 is 4.74 Å². The van der Waals surface area contributed by atoms with Gasteiger partial charge in [-0.2, -0.15) is 0 Å². The summed E-state index contributed by atoms with van der Waals surface area (Å²) in [5.74, 6) is 2.50. The monoisotopic (exact) mass is 429 g/mol. The molecule has 0 radical (unpaired) electrons. The number of rotatable bonds is 10. The lowest BCUT2D eigenvalue weighted by Gasteiger charge is -2.31. The maximum absolute atomic E-state index is 5.73. The highest BCUT2D eigenvalue weighted by Gasteiger charge is 2.20. The molecule has 164 valence electrons. The van der Waals surface area contributed by atoms with Crippen LogP contribution >= 0.6 is 11.3 Å². The highest BCUT2D eigenvalue weighted by atomic mass is 32.1. The van der Waals surface area contributed by atoms with E-state index in [2.05, 4.69) is 32.8 Å². The zero-order chi connectivity index (χ0) is 21.0. The van der Waals surface area contributed by atoms with Crippen molar-refractivity contribution in [3.05, 3.63) is 46.4 Å². The minimum absolute atomic E-state index is 0.697. The fourth-order valence-electron chi connectivity index (χ4n) is 3.61. The number of nitrogens with zero attached hydrogens (tertiary/aromatic N) is 3. The quantitative estimate of drug-likeness (QED) is 0.344. The standard InChI is InChI=1S/C23H35N5OS/c1-3-22-27-20(18-30-22)17-28-13-10-19(11-14-28)16-26-23(24-2)25-12-7-15-29-21-8-5-4-6-9-21/h4-6,8-9,18-19H,3,7,10-17H2,1-2H3,(H2,24,25,26). The average Bonchev–Trinajstić information content (AvgIpc) is 3.25. The minimum Gasteiger partial charge on any atom is -0.494 e. The molecule has 0 atom stereocenters. The number of guanidine groups is 1. The van der Waals surface area contributed by atoms with Gasteiger partial charge in [-0.3, -0.25) is 9.89 Å². The van der Waals surface area contributed by atoms with Gasteiger partial charge in [0.25, 0.3) is 0 Å². The van der Waals surface area contributed by atoms with Crippen molar-refractivity contribution in [2.75, 3.05) is 39.8 Å². The zero-order valence-corrected chi connectivity index (χ0v) is 19.1. The van der Waals surface area contributed by atoms with E-state index < -0.39 is 0 Å². The Hall–Kier alpha value is -2.12. The molecule has 1 aromatic heterocycles. The van der Waals surface area contributed by atoms with Crippen molar-refractivity contribution in [2.45, 2.75) is 39.2 Å². The first-order chi connectivity index (χ1) is 14.8. The van der Waals surface area contributed by atoms with E-state index in [1.165, 1.54) is 23.5 Å². The lowest BCUT2D eigenvalue weighted by molar-refractivity contribution is 0.176. The Kier molecular flexibility index (Phi) is 9.44. The number of aliphatic imine (C=N–C) groups is 1. The number of aromatic nitrogens is 1. The zero-order valence-electron chi connectivity index (χ0n) is 18.3. The molecule has 30 heavy (non-hydrogen) atoms. The highest BCUT2D eigenvalue weighted by molar-refractivity contribution is 7.09. The van der Waals surface area contributed by atoms with Gasteiger partial charge in [0, 0.05) is 32.1 Å². The maximum Gasteiger partial charge on any atom is 0.190 e. The molecular formula is C23H35N5OS. The van der Waals surface area contributed by atoms with Crippen molar-refractivity contribution in [1.29, 1.82) is 0 Å². The molecule has 1 aliphatic heterocycles. The molecule has 2 heterocycles. The topological polar surface area (TPSA) is 61.8 Å². The summed E-state index contributed by atoms with van der Waals surface area (Å²) in [6, 6.07) is 9.95. The van der Waals surface area contributed by atoms with E-state index in [0.717, 1.165) is 57.3 Å². The normalized spacial score (nSPS) is 15.9. The molecule has 7 heteroatoms. The fraction of sp³-hybridized carbons (Fsp3) is 0.565. The second-order valence-corrected chi connectivity index (χ2v) is 8.64. The van der Waals surface area contributed by atoms with Crippen molar-refractivity contribution in [1.82, 2.24) is 20.5 Å². The first kappa shape index (κ1) is 22.6. The number of aryl methyl sites for hydroxylation is 1. The molecule has 0 amide bonds. The number of piperidine rings is 1. The Morgan fingerprint density at radius 2 is 2.03 bits per heavy atom. The van der Waals surface area contributed by atoms with Gasteiger partial charge in [0.2, 0.25) is 0 Å². The number of ether oxygens (including phenoxy) is 1. The number of likely N-dealkylation sites (tertiary alicyclic amines) is 1. The van der Waals surface area contributed by atoms with Gasteiger partial charge in [0.15, 0.2) is 5.96 Å². The Balaban J connectivity index is 1.26. The third kappa shape index (κ3) is 7.61. The molecule has 0 aliphatic carbocycles. The van der Waals surface area contributed by atoms with Crippen LogP contribution in [-0.2, 0) is 13.0 Å². The van der Waals surface area contributed by atoms with Crippen LogP contribution in [0, 0.1) is 5.92 Å². The number of benzene rings is 1. The number of nitrogens with one attached hydrogen (secondary N) is 2. The maximum atomic E-state index is 5.73. The summed E-state index contributed by atoms with van der Waals surface area (Å²) in [5, 5.41) is 10.3. The molecule has 2 aromatic rings. The summed E-state index contributed by atoms with van der Waals surface area (Å²) in [6.07, 6.45) is 4.41. The second-order valence-electron chi connectivity index (χ2n) is 7.70. The first-order valence-corrected chi connectivity index (χ1v) is 11.9. The number of hydrogen-bond donors (Lipinski definition) is 2. The first-order valence-electron chi connectivity index (χ1n) is 11.0. The van der Waals surface area contributed by atoms with E-state index in [9.17, 15) is 0 Å². The van der Waals surface area contributed by atoms with Crippen LogP contribution in [0.1, 0.15) is 36.9 Å². The molecule has 0 bridgehead atoms. The van der Waals surface area contributed by atoms with Gasteiger partial charge in [-0.25, -0.2) is 4.98 Å². The third-order valence-electron chi connectivity index (χ3n) is 5.40. The van der Waals surface area contributed by atoms with E-state index >= 15 is 0 Å². The summed E-state index contributed by atoms with van der Waals surface area (Å²) in [6.45, 7) is 7.98. The van der Waals surface area contributed by atoms with Crippen LogP contribution in [0.25, 0.3) is 0 Å². The molecule has 1 saturated heterocycles. The number of para-hydroxylation sites is 1.